The topological polar surface area (TPSA) is 93.9 Å². The van der Waals surface area contributed by atoms with E-state index in [0.717, 1.165) is 36.3 Å². The molecule has 1 amide bonds. The molecule has 3 aromatic heterocycles. The number of rotatable bonds is 6. The maximum Gasteiger partial charge on any atom is 0.410 e. The molecule has 0 radical (unpaired) electrons. The Bertz CT molecular complexity index is 1030. The Hall–Kier alpha value is -3.36. The summed E-state index contributed by atoms with van der Waals surface area (Å²) in [4.78, 5) is 23.1. The van der Waals surface area contributed by atoms with Gasteiger partial charge in [0.05, 0.1) is 31.0 Å². The van der Waals surface area contributed by atoms with Crippen LogP contribution in [0.25, 0.3) is 16.8 Å². The van der Waals surface area contributed by atoms with Crippen molar-refractivity contribution in [1.29, 1.82) is 0 Å². The lowest BCUT2D eigenvalue weighted by molar-refractivity contribution is 0.0746. The number of likely N-dealkylation sites (tertiary alicyclic amines) is 1. The zero-order chi connectivity index (χ0) is 21.1. The van der Waals surface area contributed by atoms with E-state index in [9.17, 15) is 4.79 Å². The van der Waals surface area contributed by atoms with Crippen molar-refractivity contribution in [3.63, 3.8) is 0 Å². The van der Waals surface area contributed by atoms with Crippen LogP contribution in [0.15, 0.2) is 36.8 Å². The molecule has 0 aromatic carbocycles. The average molecular weight is 410 g/mol. The van der Waals surface area contributed by atoms with Gasteiger partial charge in [-0.3, -0.25) is 0 Å². The number of nitrogens with zero attached hydrogens (tertiary/aromatic N) is 5. The van der Waals surface area contributed by atoms with Crippen molar-refractivity contribution >= 4 is 17.6 Å². The van der Waals surface area contributed by atoms with Crippen LogP contribution in [0.2, 0.25) is 0 Å². The third-order valence-corrected chi connectivity index (χ3v) is 5.09. The molecule has 1 atom stereocenters. The van der Waals surface area contributed by atoms with Gasteiger partial charge in [0.2, 0.25) is 5.88 Å². The first-order valence-corrected chi connectivity index (χ1v) is 10.1. The van der Waals surface area contributed by atoms with E-state index in [2.05, 4.69) is 15.4 Å². The molecule has 0 spiro atoms. The molecule has 1 aliphatic rings. The predicted molar refractivity (Wildman–Crippen MR) is 113 cm³/mol. The highest BCUT2D eigenvalue weighted by molar-refractivity contribution is 5.80. The van der Waals surface area contributed by atoms with Crippen molar-refractivity contribution in [2.45, 2.75) is 38.8 Å². The van der Waals surface area contributed by atoms with Crippen LogP contribution in [0.1, 0.15) is 26.7 Å². The lowest BCUT2D eigenvalue weighted by atomic mass is 10.1. The van der Waals surface area contributed by atoms with E-state index >= 15 is 0 Å². The third kappa shape index (κ3) is 4.00. The van der Waals surface area contributed by atoms with Gasteiger partial charge >= 0.3 is 6.09 Å². The largest absolute Gasteiger partial charge is 0.481 e. The van der Waals surface area contributed by atoms with Gasteiger partial charge in [-0.15, -0.1) is 0 Å². The summed E-state index contributed by atoms with van der Waals surface area (Å²) in [6, 6.07) is 5.74. The second-order valence-corrected chi connectivity index (χ2v) is 7.50. The van der Waals surface area contributed by atoms with Gasteiger partial charge in [-0.25, -0.2) is 19.3 Å². The molecular weight excluding hydrogens is 384 g/mol. The lowest BCUT2D eigenvalue weighted by Crippen LogP contribution is -2.40. The molecule has 9 heteroatoms. The van der Waals surface area contributed by atoms with Gasteiger partial charge < -0.3 is 19.7 Å². The molecule has 0 unspecified atom stereocenters. The van der Waals surface area contributed by atoms with Crippen molar-refractivity contribution in [3.05, 3.63) is 36.8 Å². The molecule has 0 saturated carbocycles. The maximum absolute atomic E-state index is 12.3. The van der Waals surface area contributed by atoms with Crippen LogP contribution in [-0.2, 0) is 4.74 Å². The number of hydrogen-bond acceptors (Lipinski definition) is 7. The van der Waals surface area contributed by atoms with Crippen molar-refractivity contribution in [2.75, 3.05) is 25.5 Å². The lowest BCUT2D eigenvalue weighted by Gasteiger charge is -2.25. The monoisotopic (exact) mass is 410 g/mol. The highest BCUT2D eigenvalue weighted by atomic mass is 16.6. The predicted octanol–water partition coefficient (Wildman–Crippen LogP) is 3.22. The summed E-state index contributed by atoms with van der Waals surface area (Å²) in [5, 5.41) is 7.75. The van der Waals surface area contributed by atoms with Gasteiger partial charge in [0, 0.05) is 31.0 Å². The number of aromatic nitrogens is 4. The van der Waals surface area contributed by atoms with Crippen molar-refractivity contribution in [2.24, 2.45) is 0 Å². The van der Waals surface area contributed by atoms with Crippen LogP contribution in [-0.4, -0.2) is 62.9 Å². The Labute approximate surface area is 175 Å². The molecule has 1 N–H and O–H groups in total. The first-order chi connectivity index (χ1) is 14.6. The summed E-state index contributed by atoms with van der Waals surface area (Å²) in [6.07, 6.45) is 6.83. The second kappa shape index (κ2) is 8.56. The van der Waals surface area contributed by atoms with E-state index in [0.29, 0.717) is 18.1 Å². The zero-order valence-corrected chi connectivity index (χ0v) is 17.4. The van der Waals surface area contributed by atoms with Gasteiger partial charge in [0.25, 0.3) is 0 Å². The molecule has 0 aliphatic carbocycles. The number of methoxy groups -OCH3 is 1. The molecule has 1 saturated heterocycles. The SMILES string of the molecule is COc1ncccc1-c1cnn2ccc(NC[C@@H]3CCCN3C(=O)OC(C)C)nc12. The third-order valence-electron chi connectivity index (χ3n) is 5.09. The Morgan fingerprint density at radius 1 is 1.33 bits per heavy atom. The molecule has 30 heavy (non-hydrogen) atoms. The highest BCUT2D eigenvalue weighted by Gasteiger charge is 2.30. The number of fused-ring (bicyclic) bond motifs is 1. The standard InChI is InChI=1S/C21H26N6O3/c1-14(2)30-21(28)26-10-5-6-15(26)12-23-18-8-11-27-19(25-18)17(13-24-27)16-7-4-9-22-20(16)29-3/h4,7-9,11,13-15H,5-6,10,12H2,1-3H3,(H,23,25)/t15-/m0/s1. The Morgan fingerprint density at radius 2 is 2.20 bits per heavy atom. The van der Waals surface area contributed by atoms with Crippen molar-refractivity contribution < 1.29 is 14.3 Å². The van der Waals surface area contributed by atoms with E-state index in [1.807, 2.05) is 38.2 Å². The Kier molecular flexibility index (Phi) is 5.69. The highest BCUT2D eigenvalue weighted by Crippen LogP contribution is 2.30. The average Bonchev–Trinajstić information content (AvgIpc) is 3.38. The zero-order valence-electron chi connectivity index (χ0n) is 17.4. The van der Waals surface area contributed by atoms with Crippen LogP contribution in [0, 0.1) is 0 Å². The summed E-state index contributed by atoms with van der Waals surface area (Å²) >= 11 is 0. The molecule has 4 rings (SSSR count). The number of hydrogen-bond donors (Lipinski definition) is 1. The van der Waals surface area contributed by atoms with Crippen molar-refractivity contribution in [3.8, 4) is 17.0 Å². The number of pyridine rings is 1. The van der Waals surface area contributed by atoms with E-state index < -0.39 is 0 Å². The Morgan fingerprint density at radius 3 is 3.00 bits per heavy atom. The summed E-state index contributed by atoms with van der Waals surface area (Å²) in [5.74, 6) is 1.24. The number of amides is 1. The van der Waals surface area contributed by atoms with Gasteiger partial charge in [-0.1, -0.05) is 0 Å². The van der Waals surface area contributed by atoms with Gasteiger partial charge in [-0.05, 0) is 44.9 Å². The summed E-state index contributed by atoms with van der Waals surface area (Å²) in [7, 11) is 1.59. The fraction of sp³-hybridized carbons (Fsp3) is 0.429. The van der Waals surface area contributed by atoms with Crippen molar-refractivity contribution in [1.82, 2.24) is 24.5 Å². The maximum atomic E-state index is 12.3. The molecule has 1 aliphatic heterocycles. The minimum Gasteiger partial charge on any atom is -0.481 e. The first-order valence-electron chi connectivity index (χ1n) is 10.1. The fourth-order valence-electron chi connectivity index (χ4n) is 3.70. The van der Waals surface area contributed by atoms with Gasteiger partial charge in [0.1, 0.15) is 5.82 Å². The Balaban J connectivity index is 1.52. The summed E-state index contributed by atoms with van der Waals surface area (Å²) in [5.41, 5.74) is 2.37. The molecule has 4 heterocycles. The quantitative estimate of drug-likeness (QED) is 0.667. The van der Waals surface area contributed by atoms with Crippen LogP contribution in [0.4, 0.5) is 10.6 Å². The van der Waals surface area contributed by atoms with E-state index in [-0.39, 0.29) is 18.2 Å². The molecular formula is C21H26N6O3. The van der Waals surface area contributed by atoms with Crippen LogP contribution >= 0.6 is 0 Å². The van der Waals surface area contributed by atoms with E-state index in [1.54, 1.807) is 28.9 Å². The number of carbonyl (C=O) groups excluding carboxylic acids is 1. The molecule has 9 nitrogen and oxygen atoms in total. The smallest absolute Gasteiger partial charge is 0.410 e. The minimum atomic E-state index is -0.250. The number of anilines is 1. The number of nitrogens with one attached hydrogen (secondary N) is 1. The van der Waals surface area contributed by atoms with Gasteiger partial charge in [0.15, 0.2) is 5.65 Å². The molecule has 3 aromatic rings. The normalized spacial score (nSPS) is 16.3. The van der Waals surface area contributed by atoms with Crippen LogP contribution < -0.4 is 10.1 Å². The first kappa shape index (κ1) is 19.9. The number of ether oxygens (including phenoxy) is 2. The fourth-order valence-corrected chi connectivity index (χ4v) is 3.70. The summed E-state index contributed by atoms with van der Waals surface area (Å²) in [6.45, 7) is 5.05. The second-order valence-electron chi connectivity index (χ2n) is 7.50. The van der Waals surface area contributed by atoms with E-state index in [1.165, 1.54) is 0 Å². The molecule has 158 valence electrons. The molecule has 1 fully saturated rings. The number of carbonyl (C=O) groups is 1. The van der Waals surface area contributed by atoms with Crippen LogP contribution in [0.3, 0.4) is 0 Å². The molecule has 0 bridgehead atoms. The van der Waals surface area contributed by atoms with Gasteiger partial charge in [-0.2, -0.15) is 5.10 Å². The van der Waals surface area contributed by atoms with Crippen LogP contribution in [0.5, 0.6) is 5.88 Å². The summed E-state index contributed by atoms with van der Waals surface area (Å²) < 4.78 is 12.5. The minimum absolute atomic E-state index is 0.0806. The van der Waals surface area contributed by atoms with E-state index in [4.69, 9.17) is 14.5 Å².